The van der Waals surface area contributed by atoms with Crippen molar-refractivity contribution in [1.29, 1.82) is 0 Å². The van der Waals surface area contributed by atoms with E-state index in [1.54, 1.807) is 29.5 Å². The number of nitrogens with two attached hydrogens (primary N) is 1. The lowest BCUT2D eigenvalue weighted by molar-refractivity contribution is 0.0735. The summed E-state index contributed by atoms with van der Waals surface area (Å²) in [5.41, 5.74) is 8.90. The maximum Gasteiger partial charge on any atom is 0.434 e. The lowest BCUT2D eigenvalue weighted by atomic mass is 9.94. The number of likely N-dealkylation sites (tertiary alicyclic amines) is 1. The molecule has 0 radical (unpaired) electrons. The standard InChI is InChI=1S/C28H27N7O4S/c1-16-15-40-24(30-16)21-9-6-10-35(21)25(36)20-12-18(11-19(13-20)23-32-34-27(37)39-23)22-31-33-26(38-22)28(2,29)14-17-7-4-3-5-8-17/h3-5,7-8,11-13,15,21H,6,9-10,14,29H2,1-2H3,(H,34,37)/t21-,28-/m1/s1. The fraction of sp³-hybridized carbons (Fsp3) is 0.286. The van der Waals surface area contributed by atoms with Gasteiger partial charge >= 0.3 is 5.76 Å². The van der Waals surface area contributed by atoms with Crippen molar-refractivity contribution in [2.75, 3.05) is 6.54 Å². The monoisotopic (exact) mass is 557 g/mol. The highest BCUT2D eigenvalue weighted by atomic mass is 32.1. The van der Waals surface area contributed by atoms with Gasteiger partial charge in [0.25, 0.3) is 5.91 Å². The largest absolute Gasteiger partial charge is 0.434 e. The zero-order valence-corrected chi connectivity index (χ0v) is 22.8. The normalized spacial score (nSPS) is 16.8. The minimum absolute atomic E-state index is 0.0434. The number of aromatic amines is 1. The summed E-state index contributed by atoms with van der Waals surface area (Å²) in [7, 11) is 0. The van der Waals surface area contributed by atoms with Gasteiger partial charge in [-0.05, 0) is 56.9 Å². The number of hydrogen-bond donors (Lipinski definition) is 2. The van der Waals surface area contributed by atoms with Gasteiger partial charge < -0.3 is 19.5 Å². The van der Waals surface area contributed by atoms with E-state index in [0.717, 1.165) is 29.1 Å². The van der Waals surface area contributed by atoms with Crippen molar-refractivity contribution in [1.82, 2.24) is 30.3 Å². The molecule has 0 saturated carbocycles. The highest BCUT2D eigenvalue weighted by Crippen LogP contribution is 2.36. The van der Waals surface area contributed by atoms with Gasteiger partial charge in [-0.25, -0.2) is 14.9 Å². The van der Waals surface area contributed by atoms with E-state index in [2.05, 4.69) is 25.4 Å². The fourth-order valence-corrected chi connectivity index (χ4v) is 5.92. The predicted octanol–water partition coefficient (Wildman–Crippen LogP) is 4.24. The zero-order chi connectivity index (χ0) is 27.9. The predicted molar refractivity (Wildman–Crippen MR) is 147 cm³/mol. The topological polar surface area (TPSA) is 157 Å². The first kappa shape index (κ1) is 25.8. The molecule has 1 aliphatic rings. The Bertz CT molecular complexity index is 1720. The first-order valence-corrected chi connectivity index (χ1v) is 13.8. The number of amides is 1. The molecule has 5 aromatic rings. The van der Waals surface area contributed by atoms with Crippen LogP contribution in [0.15, 0.2) is 67.5 Å². The average molecular weight is 558 g/mol. The molecule has 3 N–H and O–H groups in total. The van der Waals surface area contributed by atoms with Crippen LogP contribution < -0.4 is 11.5 Å². The molecule has 3 aromatic heterocycles. The van der Waals surface area contributed by atoms with E-state index in [-0.39, 0.29) is 29.6 Å². The van der Waals surface area contributed by atoms with Crippen LogP contribution in [-0.4, -0.2) is 42.7 Å². The van der Waals surface area contributed by atoms with Gasteiger partial charge in [0.1, 0.15) is 5.01 Å². The van der Waals surface area contributed by atoms with Crippen LogP contribution in [-0.2, 0) is 12.0 Å². The van der Waals surface area contributed by atoms with Crippen molar-refractivity contribution in [2.24, 2.45) is 5.73 Å². The molecule has 1 amide bonds. The number of H-pyrrole nitrogens is 1. The molecule has 4 heterocycles. The van der Waals surface area contributed by atoms with Gasteiger partial charge in [0.2, 0.25) is 17.7 Å². The third kappa shape index (κ3) is 5.10. The van der Waals surface area contributed by atoms with Crippen LogP contribution >= 0.6 is 11.3 Å². The minimum Gasteiger partial charge on any atom is -0.419 e. The molecule has 0 aliphatic carbocycles. The smallest absolute Gasteiger partial charge is 0.419 e. The molecule has 0 spiro atoms. The summed E-state index contributed by atoms with van der Waals surface area (Å²) in [6.07, 6.45) is 2.20. The van der Waals surface area contributed by atoms with E-state index in [4.69, 9.17) is 14.6 Å². The Kier molecular flexibility index (Phi) is 6.64. The van der Waals surface area contributed by atoms with Crippen LogP contribution in [0, 0.1) is 6.92 Å². The average Bonchev–Trinajstić information content (AvgIpc) is 3.75. The molecule has 12 heteroatoms. The fourth-order valence-electron chi connectivity index (χ4n) is 4.98. The highest BCUT2D eigenvalue weighted by molar-refractivity contribution is 7.09. The number of nitrogens with one attached hydrogen (secondary N) is 1. The van der Waals surface area contributed by atoms with E-state index in [1.807, 2.05) is 54.5 Å². The number of carbonyl (C=O) groups is 1. The van der Waals surface area contributed by atoms with Gasteiger partial charge in [0.05, 0.1) is 11.6 Å². The van der Waals surface area contributed by atoms with Crippen LogP contribution in [0.1, 0.15) is 58.3 Å². The molecule has 0 unspecified atom stereocenters. The van der Waals surface area contributed by atoms with Crippen molar-refractivity contribution < 1.29 is 13.6 Å². The van der Waals surface area contributed by atoms with Gasteiger partial charge in [0.15, 0.2) is 0 Å². The maximum absolute atomic E-state index is 13.9. The Labute approximate surface area is 233 Å². The Morgan fingerprint density at radius 1 is 1.15 bits per heavy atom. The summed E-state index contributed by atoms with van der Waals surface area (Å²) >= 11 is 1.56. The zero-order valence-electron chi connectivity index (χ0n) is 22.0. The second kappa shape index (κ2) is 10.3. The SMILES string of the molecule is Cc1csc([C@H]2CCCN2C(=O)c2cc(-c3nnc([C@](C)(N)Cc4ccccc4)o3)cc(-c3n[nH]c(=O)o3)c2)n1. The van der Waals surface area contributed by atoms with Crippen LogP contribution in [0.2, 0.25) is 0 Å². The third-order valence-corrected chi connectivity index (χ3v) is 7.94. The molecule has 1 aliphatic heterocycles. The molecule has 40 heavy (non-hydrogen) atoms. The van der Waals surface area contributed by atoms with E-state index in [0.29, 0.717) is 29.7 Å². The second-order valence-electron chi connectivity index (χ2n) is 10.2. The van der Waals surface area contributed by atoms with Crippen molar-refractivity contribution >= 4 is 17.2 Å². The van der Waals surface area contributed by atoms with E-state index in [1.165, 1.54) is 0 Å². The van der Waals surface area contributed by atoms with E-state index >= 15 is 0 Å². The molecule has 0 bridgehead atoms. The van der Waals surface area contributed by atoms with Gasteiger partial charge in [-0.3, -0.25) is 4.79 Å². The number of aryl methyl sites for hydroxylation is 1. The van der Waals surface area contributed by atoms with Crippen LogP contribution in [0.25, 0.3) is 22.9 Å². The molecular weight excluding hydrogens is 530 g/mol. The number of nitrogens with zero attached hydrogens (tertiary/aromatic N) is 5. The van der Waals surface area contributed by atoms with E-state index < -0.39 is 11.3 Å². The first-order valence-electron chi connectivity index (χ1n) is 12.9. The Balaban J connectivity index is 1.36. The number of carbonyl (C=O) groups excluding carboxylic acids is 1. The number of aromatic nitrogens is 5. The second-order valence-corrected chi connectivity index (χ2v) is 11.1. The summed E-state index contributed by atoms with van der Waals surface area (Å²) in [6.45, 7) is 4.38. The van der Waals surface area contributed by atoms with Crippen LogP contribution in [0.4, 0.5) is 0 Å². The quantitative estimate of drug-likeness (QED) is 0.299. The van der Waals surface area contributed by atoms with Crippen LogP contribution in [0.5, 0.6) is 0 Å². The summed E-state index contributed by atoms with van der Waals surface area (Å²) < 4.78 is 11.3. The van der Waals surface area contributed by atoms with Crippen molar-refractivity contribution in [3.8, 4) is 22.9 Å². The van der Waals surface area contributed by atoms with Gasteiger partial charge in [0, 0.05) is 34.3 Å². The summed E-state index contributed by atoms with van der Waals surface area (Å²) in [5.74, 6) is -0.394. The number of hydrogen-bond acceptors (Lipinski definition) is 10. The molecular formula is C28H27N7O4S. The third-order valence-electron chi connectivity index (χ3n) is 6.88. The molecule has 6 rings (SSSR count). The highest BCUT2D eigenvalue weighted by Gasteiger charge is 2.34. The lowest BCUT2D eigenvalue weighted by Crippen LogP contribution is -2.35. The molecule has 1 fully saturated rings. The van der Waals surface area contributed by atoms with Gasteiger partial charge in [-0.1, -0.05) is 30.3 Å². The maximum atomic E-state index is 13.9. The Hall–Kier alpha value is -4.42. The van der Waals surface area contributed by atoms with Crippen molar-refractivity contribution in [3.63, 3.8) is 0 Å². The van der Waals surface area contributed by atoms with Crippen molar-refractivity contribution in [2.45, 2.75) is 44.7 Å². The van der Waals surface area contributed by atoms with Crippen LogP contribution in [0.3, 0.4) is 0 Å². The Morgan fingerprint density at radius 2 is 1.93 bits per heavy atom. The summed E-state index contributed by atoms with van der Waals surface area (Å²) in [5, 5.41) is 17.6. The molecule has 204 valence electrons. The molecule has 1 saturated heterocycles. The minimum atomic E-state index is -0.924. The summed E-state index contributed by atoms with van der Waals surface area (Å²) in [6, 6.07) is 14.7. The first-order chi connectivity index (χ1) is 19.3. The van der Waals surface area contributed by atoms with E-state index in [9.17, 15) is 9.59 Å². The molecule has 2 aromatic carbocycles. The number of rotatable bonds is 7. The molecule has 11 nitrogen and oxygen atoms in total. The Morgan fingerprint density at radius 3 is 2.62 bits per heavy atom. The lowest BCUT2D eigenvalue weighted by Gasteiger charge is -2.23. The number of benzene rings is 2. The summed E-state index contributed by atoms with van der Waals surface area (Å²) in [4.78, 5) is 32.0. The van der Waals surface area contributed by atoms with Crippen molar-refractivity contribution in [3.05, 3.63) is 92.2 Å². The molecule has 2 atom stereocenters. The van der Waals surface area contributed by atoms with Gasteiger partial charge in [-0.15, -0.1) is 26.6 Å². The van der Waals surface area contributed by atoms with Gasteiger partial charge in [-0.2, -0.15) is 0 Å². The number of thiazole rings is 1.